The van der Waals surface area contributed by atoms with Crippen LogP contribution in [0.15, 0.2) is 190 Å². The Morgan fingerprint density at radius 1 is 0.426 bits per heavy atom. The highest BCUT2D eigenvalue weighted by molar-refractivity contribution is 6.23. The molecule has 0 spiro atoms. The lowest BCUT2D eigenvalue weighted by Gasteiger charge is -2.25. The van der Waals surface area contributed by atoms with Crippen LogP contribution >= 0.6 is 0 Å². The summed E-state index contributed by atoms with van der Waals surface area (Å²) < 4.78 is 12.7. The van der Waals surface area contributed by atoms with Crippen LogP contribution in [0.5, 0.6) is 0 Å². The number of hydrogen-bond donors (Lipinski definition) is 0. The highest BCUT2D eigenvalue weighted by atomic mass is 16.3. The molecule has 0 N–H and O–H groups in total. The molecule has 0 saturated carbocycles. The quantitative estimate of drug-likeness (QED) is 0.173. The Labute approximate surface area is 311 Å². The molecule has 0 saturated heterocycles. The van der Waals surface area contributed by atoms with Crippen molar-refractivity contribution in [3.05, 3.63) is 187 Å². The van der Waals surface area contributed by atoms with Crippen molar-refractivity contribution >= 4 is 81.8 Å². The molecule has 0 bridgehead atoms. The van der Waals surface area contributed by atoms with Crippen molar-refractivity contribution in [1.29, 1.82) is 0 Å². The number of benzene rings is 8. The molecule has 252 valence electrons. The van der Waals surface area contributed by atoms with Crippen LogP contribution in [-0.2, 0) is 0 Å². The normalized spacial score (nSPS) is 15.6. The van der Waals surface area contributed by atoms with Crippen LogP contribution < -0.4 is 0 Å². The Balaban J connectivity index is 0.986. The number of furan rings is 2. The summed E-state index contributed by atoms with van der Waals surface area (Å²) >= 11 is 0. The van der Waals surface area contributed by atoms with E-state index in [1.165, 1.54) is 60.3 Å². The predicted molar refractivity (Wildman–Crippen MR) is 227 cm³/mol. The highest BCUT2D eigenvalue weighted by Gasteiger charge is 2.23. The van der Waals surface area contributed by atoms with Crippen molar-refractivity contribution in [2.24, 2.45) is 5.92 Å². The summed E-state index contributed by atoms with van der Waals surface area (Å²) in [6.07, 6.45) is 14.6. The number of allylic oxidation sites excluding steroid dienone is 8. The van der Waals surface area contributed by atoms with Gasteiger partial charge in [0.2, 0.25) is 0 Å². The standard InChI is InChI=1S/C52H32O2/c1-2-10-34-27-37(22-19-31(34)9-1)51-40-13-5-3-11-38(40)50(39-12-4-6-14-41(39)51)33-20-17-32(18-21-33)35-23-25-47-44(28-35)45-30-43-36(29-49(45)54-47)24-26-48-52(43)42-15-7-8-16-46(42)53-48/h1-26,28-30,34H,27H2. The van der Waals surface area contributed by atoms with E-state index in [0.29, 0.717) is 5.92 Å². The number of hydrogen-bond acceptors (Lipinski definition) is 2. The van der Waals surface area contributed by atoms with Crippen LogP contribution in [0, 0.1) is 5.92 Å². The van der Waals surface area contributed by atoms with Crippen LogP contribution in [-0.4, -0.2) is 0 Å². The van der Waals surface area contributed by atoms with E-state index in [0.717, 1.165) is 61.2 Å². The molecule has 8 aromatic carbocycles. The van der Waals surface area contributed by atoms with E-state index < -0.39 is 0 Å². The lowest BCUT2D eigenvalue weighted by molar-refractivity contribution is 0.668. The molecule has 0 fully saturated rings. The molecule has 10 aromatic rings. The third kappa shape index (κ3) is 4.34. The van der Waals surface area contributed by atoms with Gasteiger partial charge in [0, 0.05) is 27.5 Å². The molecule has 54 heavy (non-hydrogen) atoms. The topological polar surface area (TPSA) is 26.3 Å². The van der Waals surface area contributed by atoms with E-state index in [1.807, 2.05) is 12.1 Å². The summed E-state index contributed by atoms with van der Waals surface area (Å²) in [5.74, 6) is 0.422. The SMILES string of the molecule is C1=CC2=CC=C(c3c4ccccc4c(-c4ccc(-c5ccc6oc7cc8ccc9oc%10ccccc%10c9c8cc7c6c5)cc4)c4ccccc34)CC2C=C1. The first-order valence-electron chi connectivity index (χ1n) is 18.8. The molecule has 0 amide bonds. The van der Waals surface area contributed by atoms with E-state index in [1.54, 1.807) is 0 Å². The van der Waals surface area contributed by atoms with Crippen molar-refractivity contribution in [2.75, 3.05) is 0 Å². The zero-order valence-electron chi connectivity index (χ0n) is 29.3. The van der Waals surface area contributed by atoms with E-state index in [4.69, 9.17) is 8.83 Å². The van der Waals surface area contributed by atoms with Crippen molar-refractivity contribution in [3.8, 4) is 22.3 Å². The van der Waals surface area contributed by atoms with Crippen LogP contribution in [0.2, 0.25) is 0 Å². The first-order chi connectivity index (χ1) is 26.7. The fourth-order valence-corrected chi connectivity index (χ4v) is 9.26. The van der Waals surface area contributed by atoms with Crippen molar-refractivity contribution < 1.29 is 8.83 Å². The van der Waals surface area contributed by atoms with Crippen LogP contribution in [0.1, 0.15) is 12.0 Å². The van der Waals surface area contributed by atoms with Crippen molar-refractivity contribution in [2.45, 2.75) is 6.42 Å². The first-order valence-corrected chi connectivity index (χ1v) is 18.8. The van der Waals surface area contributed by atoms with E-state index in [2.05, 4.69) is 164 Å². The first kappa shape index (κ1) is 29.7. The average Bonchev–Trinajstić information content (AvgIpc) is 3.79. The average molecular weight is 689 g/mol. The maximum absolute atomic E-state index is 6.43. The van der Waals surface area contributed by atoms with E-state index in [9.17, 15) is 0 Å². The summed E-state index contributed by atoms with van der Waals surface area (Å²) in [4.78, 5) is 0. The molecule has 0 radical (unpaired) electrons. The molecule has 2 nitrogen and oxygen atoms in total. The molecule has 2 aliphatic rings. The minimum absolute atomic E-state index is 0.422. The van der Waals surface area contributed by atoms with E-state index in [-0.39, 0.29) is 0 Å². The molecule has 2 heterocycles. The van der Waals surface area contributed by atoms with Gasteiger partial charge in [0.1, 0.15) is 22.3 Å². The lowest BCUT2D eigenvalue weighted by Crippen LogP contribution is -2.07. The second-order valence-electron chi connectivity index (χ2n) is 14.8. The number of para-hydroxylation sites is 1. The fourth-order valence-electron chi connectivity index (χ4n) is 9.26. The molecule has 2 aliphatic carbocycles. The van der Waals surface area contributed by atoms with Gasteiger partial charge in [-0.15, -0.1) is 0 Å². The lowest BCUT2D eigenvalue weighted by atomic mass is 9.79. The minimum atomic E-state index is 0.422. The predicted octanol–water partition coefficient (Wildman–Crippen LogP) is 14.7. The van der Waals surface area contributed by atoms with Crippen LogP contribution in [0.3, 0.4) is 0 Å². The number of rotatable bonds is 3. The third-order valence-corrected chi connectivity index (χ3v) is 11.8. The summed E-state index contributed by atoms with van der Waals surface area (Å²) in [7, 11) is 0. The van der Waals surface area contributed by atoms with Gasteiger partial charge in [-0.2, -0.15) is 0 Å². The van der Waals surface area contributed by atoms with Gasteiger partial charge in [-0.25, -0.2) is 0 Å². The van der Waals surface area contributed by atoms with Gasteiger partial charge in [-0.05, 0) is 114 Å². The maximum Gasteiger partial charge on any atom is 0.136 e. The largest absolute Gasteiger partial charge is 0.456 e. The Bertz CT molecular complexity index is 3280. The molecule has 2 aromatic heterocycles. The summed E-state index contributed by atoms with van der Waals surface area (Å²) in [6.45, 7) is 0. The van der Waals surface area contributed by atoms with E-state index >= 15 is 0 Å². The van der Waals surface area contributed by atoms with Gasteiger partial charge < -0.3 is 8.83 Å². The highest BCUT2D eigenvalue weighted by Crippen LogP contribution is 2.46. The minimum Gasteiger partial charge on any atom is -0.456 e. The molecule has 2 heteroatoms. The molecular formula is C52H32O2. The summed E-state index contributed by atoms with van der Waals surface area (Å²) in [5.41, 5.74) is 12.6. The van der Waals surface area contributed by atoms with Crippen LogP contribution in [0.4, 0.5) is 0 Å². The summed E-state index contributed by atoms with van der Waals surface area (Å²) in [6, 6.07) is 50.6. The van der Waals surface area contributed by atoms with Gasteiger partial charge in [0.05, 0.1) is 0 Å². The Morgan fingerprint density at radius 3 is 1.85 bits per heavy atom. The molecule has 12 rings (SSSR count). The van der Waals surface area contributed by atoms with Crippen molar-refractivity contribution in [3.63, 3.8) is 0 Å². The van der Waals surface area contributed by atoms with Crippen LogP contribution in [0.25, 0.3) is 104 Å². The summed E-state index contributed by atoms with van der Waals surface area (Å²) in [5, 5.41) is 12.0. The monoisotopic (exact) mass is 688 g/mol. The van der Waals surface area contributed by atoms with Gasteiger partial charge in [-0.1, -0.05) is 140 Å². The maximum atomic E-state index is 6.43. The zero-order valence-corrected chi connectivity index (χ0v) is 29.3. The van der Waals surface area contributed by atoms with Crippen molar-refractivity contribution in [1.82, 2.24) is 0 Å². The molecule has 1 atom stereocenters. The van der Waals surface area contributed by atoms with Gasteiger partial charge in [0.25, 0.3) is 0 Å². The van der Waals surface area contributed by atoms with Gasteiger partial charge >= 0.3 is 0 Å². The van der Waals surface area contributed by atoms with Gasteiger partial charge in [0.15, 0.2) is 0 Å². The Kier molecular flexibility index (Phi) is 6.20. The number of fused-ring (bicyclic) bond motifs is 11. The molecule has 0 aliphatic heterocycles. The Hall–Kier alpha value is -6.90. The third-order valence-electron chi connectivity index (χ3n) is 11.8. The second kappa shape index (κ2) is 11.3. The Morgan fingerprint density at radius 2 is 1.06 bits per heavy atom. The van der Waals surface area contributed by atoms with Gasteiger partial charge in [-0.3, -0.25) is 0 Å². The smallest absolute Gasteiger partial charge is 0.136 e. The molecule has 1 unspecified atom stereocenters. The fraction of sp³-hybridized carbons (Fsp3) is 0.0385. The molecular weight excluding hydrogens is 657 g/mol. The zero-order chi connectivity index (χ0) is 35.3. The second-order valence-corrected chi connectivity index (χ2v) is 14.8.